The summed E-state index contributed by atoms with van der Waals surface area (Å²) >= 11 is 0. The number of hydrogen-bond acceptors (Lipinski definition) is 3. The minimum Gasteiger partial charge on any atom is -0.508 e. The number of carbonyl (C=O) groups is 1. The monoisotopic (exact) mass is 204 g/mol. The van der Waals surface area contributed by atoms with Gasteiger partial charge in [0, 0.05) is 5.69 Å². The van der Waals surface area contributed by atoms with E-state index in [4.69, 9.17) is 11.5 Å². The van der Waals surface area contributed by atoms with Crippen molar-refractivity contribution in [3.05, 3.63) is 24.3 Å². The van der Waals surface area contributed by atoms with Gasteiger partial charge in [-0.05, 0) is 24.3 Å². The van der Waals surface area contributed by atoms with Gasteiger partial charge < -0.3 is 10.4 Å². The minimum atomic E-state index is -0.170. The van der Waals surface area contributed by atoms with E-state index in [1.165, 1.54) is 12.1 Å². The number of terminal acetylenes is 1. The number of aromatic hydroxyl groups is 1. The van der Waals surface area contributed by atoms with Crippen LogP contribution in [0.2, 0.25) is 0 Å². The van der Waals surface area contributed by atoms with Crippen LogP contribution in [-0.4, -0.2) is 24.1 Å². The Labute approximate surface area is 88.3 Å². The number of amides is 1. The summed E-state index contributed by atoms with van der Waals surface area (Å²) in [5.74, 6) is 2.37. The highest BCUT2D eigenvalue weighted by atomic mass is 16.3. The Balaban J connectivity index is 2.38. The van der Waals surface area contributed by atoms with Crippen molar-refractivity contribution in [2.24, 2.45) is 0 Å². The fourth-order valence-corrected chi connectivity index (χ4v) is 0.998. The Bertz CT molecular complexity index is 365. The first kappa shape index (κ1) is 11.1. The first-order chi connectivity index (χ1) is 7.22. The first-order valence-electron chi connectivity index (χ1n) is 4.45. The number of phenols is 1. The summed E-state index contributed by atoms with van der Waals surface area (Å²) in [7, 11) is 0. The quantitative estimate of drug-likeness (QED) is 0.381. The molecule has 4 heteroatoms. The van der Waals surface area contributed by atoms with Crippen LogP contribution in [-0.2, 0) is 4.79 Å². The van der Waals surface area contributed by atoms with E-state index in [-0.39, 0.29) is 18.2 Å². The van der Waals surface area contributed by atoms with Crippen molar-refractivity contribution < 1.29 is 9.90 Å². The van der Waals surface area contributed by atoms with Gasteiger partial charge in [0.1, 0.15) is 5.75 Å². The third-order valence-corrected chi connectivity index (χ3v) is 1.66. The Morgan fingerprint density at radius 1 is 1.40 bits per heavy atom. The van der Waals surface area contributed by atoms with E-state index < -0.39 is 0 Å². The molecule has 0 bridgehead atoms. The molecule has 0 aliphatic heterocycles. The lowest BCUT2D eigenvalue weighted by atomic mass is 10.3. The third kappa shape index (κ3) is 4.16. The molecule has 0 saturated heterocycles. The molecule has 0 spiro atoms. The molecule has 0 fully saturated rings. The largest absolute Gasteiger partial charge is 0.508 e. The summed E-state index contributed by atoms with van der Waals surface area (Å²) in [6, 6.07) is 6.25. The van der Waals surface area contributed by atoms with Crippen LogP contribution in [0.25, 0.3) is 0 Å². The van der Waals surface area contributed by atoms with Gasteiger partial charge in [-0.25, -0.2) is 0 Å². The average Bonchev–Trinajstić information content (AvgIpc) is 2.22. The summed E-state index contributed by atoms with van der Waals surface area (Å²) in [6.07, 6.45) is 5.01. The maximum atomic E-state index is 11.3. The molecular formula is C11H12N2O2. The van der Waals surface area contributed by atoms with E-state index in [0.717, 1.165) is 0 Å². The number of nitrogens with one attached hydrogen (secondary N) is 2. The van der Waals surface area contributed by atoms with Crippen LogP contribution in [0.1, 0.15) is 0 Å². The molecule has 0 unspecified atom stereocenters. The molecular weight excluding hydrogens is 192 g/mol. The predicted octanol–water partition coefficient (Wildman–Crippen LogP) is 0.553. The Hall–Kier alpha value is -1.99. The van der Waals surface area contributed by atoms with Crippen molar-refractivity contribution in [2.45, 2.75) is 0 Å². The number of benzene rings is 1. The number of rotatable bonds is 4. The lowest BCUT2D eigenvalue weighted by Crippen LogP contribution is -2.28. The number of anilines is 1. The van der Waals surface area contributed by atoms with E-state index in [1.54, 1.807) is 12.1 Å². The average molecular weight is 204 g/mol. The fraction of sp³-hybridized carbons (Fsp3) is 0.182. The van der Waals surface area contributed by atoms with Crippen molar-refractivity contribution in [3.63, 3.8) is 0 Å². The Morgan fingerprint density at radius 2 is 2.07 bits per heavy atom. The molecule has 0 radical (unpaired) electrons. The summed E-state index contributed by atoms with van der Waals surface area (Å²) in [5, 5.41) is 14.4. The molecule has 0 heterocycles. The number of hydrogen-bond donors (Lipinski definition) is 3. The Morgan fingerprint density at radius 3 is 2.67 bits per heavy atom. The smallest absolute Gasteiger partial charge is 0.238 e. The van der Waals surface area contributed by atoms with E-state index in [2.05, 4.69) is 16.6 Å². The second-order valence-electron chi connectivity index (χ2n) is 2.90. The molecule has 0 aliphatic carbocycles. The topological polar surface area (TPSA) is 61.4 Å². The molecule has 78 valence electrons. The minimum absolute atomic E-state index is 0.165. The van der Waals surface area contributed by atoms with Gasteiger partial charge in [0.05, 0.1) is 13.1 Å². The molecule has 0 atom stereocenters. The van der Waals surface area contributed by atoms with Crippen LogP contribution in [0, 0.1) is 12.3 Å². The molecule has 15 heavy (non-hydrogen) atoms. The van der Waals surface area contributed by atoms with Crippen LogP contribution in [0.15, 0.2) is 24.3 Å². The fourth-order valence-electron chi connectivity index (χ4n) is 0.998. The molecule has 1 aromatic carbocycles. The van der Waals surface area contributed by atoms with Crippen molar-refractivity contribution in [1.82, 2.24) is 5.32 Å². The van der Waals surface area contributed by atoms with Crippen LogP contribution < -0.4 is 10.6 Å². The third-order valence-electron chi connectivity index (χ3n) is 1.66. The maximum Gasteiger partial charge on any atom is 0.238 e. The van der Waals surface area contributed by atoms with Gasteiger partial charge in [0.25, 0.3) is 0 Å². The number of phenolic OH excluding ortho intramolecular Hbond substituents is 1. The van der Waals surface area contributed by atoms with Gasteiger partial charge in [-0.3, -0.25) is 10.1 Å². The summed E-state index contributed by atoms with van der Waals surface area (Å²) in [6.45, 7) is 0.536. The van der Waals surface area contributed by atoms with Crippen molar-refractivity contribution in [1.29, 1.82) is 0 Å². The predicted molar refractivity (Wildman–Crippen MR) is 58.4 cm³/mol. The lowest BCUT2D eigenvalue weighted by Gasteiger charge is -2.04. The second kappa shape index (κ2) is 5.68. The SMILES string of the molecule is C#CCNCC(=O)Nc1ccc(O)cc1. The van der Waals surface area contributed by atoms with Crippen LogP contribution in [0.5, 0.6) is 5.75 Å². The first-order valence-corrected chi connectivity index (χ1v) is 4.45. The molecule has 1 aromatic rings. The zero-order valence-corrected chi connectivity index (χ0v) is 8.16. The van der Waals surface area contributed by atoms with Gasteiger partial charge >= 0.3 is 0 Å². The summed E-state index contributed by atoms with van der Waals surface area (Å²) in [4.78, 5) is 11.3. The standard InChI is InChI=1S/C11H12N2O2/c1-2-7-12-8-11(15)13-9-3-5-10(14)6-4-9/h1,3-6,12,14H,7-8H2,(H,13,15). The zero-order chi connectivity index (χ0) is 11.1. The van der Waals surface area contributed by atoms with Crippen LogP contribution in [0.3, 0.4) is 0 Å². The van der Waals surface area contributed by atoms with Crippen LogP contribution >= 0.6 is 0 Å². The molecule has 0 aromatic heterocycles. The summed E-state index contributed by atoms with van der Waals surface area (Å²) in [5.41, 5.74) is 0.639. The maximum absolute atomic E-state index is 11.3. The van der Waals surface area contributed by atoms with Gasteiger partial charge in [-0.1, -0.05) is 5.92 Å². The van der Waals surface area contributed by atoms with Gasteiger partial charge in [0.15, 0.2) is 0 Å². The van der Waals surface area contributed by atoms with Gasteiger partial charge in [-0.15, -0.1) is 6.42 Å². The van der Waals surface area contributed by atoms with E-state index in [0.29, 0.717) is 12.2 Å². The highest BCUT2D eigenvalue weighted by Gasteiger charge is 2.00. The van der Waals surface area contributed by atoms with E-state index >= 15 is 0 Å². The van der Waals surface area contributed by atoms with E-state index in [1.807, 2.05) is 0 Å². The normalized spacial score (nSPS) is 9.27. The van der Waals surface area contributed by atoms with Crippen molar-refractivity contribution in [2.75, 3.05) is 18.4 Å². The lowest BCUT2D eigenvalue weighted by molar-refractivity contribution is -0.115. The molecule has 4 nitrogen and oxygen atoms in total. The molecule has 0 aliphatic rings. The number of carbonyl (C=O) groups excluding carboxylic acids is 1. The molecule has 3 N–H and O–H groups in total. The van der Waals surface area contributed by atoms with E-state index in [9.17, 15) is 4.79 Å². The van der Waals surface area contributed by atoms with Crippen molar-refractivity contribution in [3.8, 4) is 18.1 Å². The highest BCUT2D eigenvalue weighted by Crippen LogP contribution is 2.13. The zero-order valence-electron chi connectivity index (χ0n) is 8.16. The second-order valence-corrected chi connectivity index (χ2v) is 2.90. The van der Waals surface area contributed by atoms with Gasteiger partial charge in [0.2, 0.25) is 5.91 Å². The van der Waals surface area contributed by atoms with Crippen LogP contribution in [0.4, 0.5) is 5.69 Å². The summed E-state index contributed by atoms with van der Waals surface area (Å²) < 4.78 is 0. The van der Waals surface area contributed by atoms with Gasteiger partial charge in [-0.2, -0.15) is 0 Å². The molecule has 1 amide bonds. The molecule has 0 saturated carbocycles. The van der Waals surface area contributed by atoms with Crippen molar-refractivity contribution >= 4 is 11.6 Å². The Kier molecular flexibility index (Phi) is 4.20. The molecule has 1 rings (SSSR count). The highest BCUT2D eigenvalue weighted by molar-refractivity contribution is 5.92.